The van der Waals surface area contributed by atoms with E-state index < -0.39 is 17.9 Å². The van der Waals surface area contributed by atoms with Crippen molar-refractivity contribution in [2.45, 2.75) is 19.9 Å². The predicted octanol–water partition coefficient (Wildman–Crippen LogP) is 2.49. The van der Waals surface area contributed by atoms with Gasteiger partial charge in [-0.1, -0.05) is 29.8 Å². The minimum absolute atomic E-state index is 0.199. The highest BCUT2D eigenvalue weighted by molar-refractivity contribution is 9.10. The summed E-state index contributed by atoms with van der Waals surface area (Å²) in [5.74, 6) is -2.16. The Labute approximate surface area is 137 Å². The van der Waals surface area contributed by atoms with E-state index in [1.54, 1.807) is 32.0 Å². The number of amides is 1. The summed E-state index contributed by atoms with van der Waals surface area (Å²) in [6.07, 6.45) is 1.25. The van der Waals surface area contributed by atoms with Crippen molar-refractivity contribution in [1.29, 1.82) is 5.26 Å². The molecule has 0 heterocycles. The second-order valence-electron chi connectivity index (χ2n) is 4.85. The molecule has 1 amide bonds. The van der Waals surface area contributed by atoms with Gasteiger partial charge in [0.1, 0.15) is 17.7 Å². The van der Waals surface area contributed by atoms with Crippen LogP contribution >= 0.6 is 15.9 Å². The highest BCUT2D eigenvalue weighted by atomic mass is 79.9. The fraction of sp³-hybridized carbons (Fsp3) is 0.267. The number of carbonyl (C=O) groups is 2. The Morgan fingerprint density at radius 1 is 1.32 bits per heavy atom. The Morgan fingerprint density at radius 2 is 1.91 bits per heavy atom. The molecule has 1 unspecified atom stereocenters. The number of nitrogens with one attached hydrogen (secondary N) is 2. The maximum absolute atomic E-state index is 12.0. The average Bonchev–Trinajstić information content (AvgIpc) is 2.46. The van der Waals surface area contributed by atoms with E-state index in [0.717, 1.165) is 4.47 Å². The molecule has 7 heteroatoms. The van der Waals surface area contributed by atoms with Crippen LogP contribution in [0.25, 0.3) is 0 Å². The minimum Gasteiger partial charge on any atom is -0.480 e. The van der Waals surface area contributed by atoms with Crippen LogP contribution in [-0.2, 0) is 9.59 Å². The first-order chi connectivity index (χ1) is 10.3. The molecule has 0 fully saturated rings. The van der Waals surface area contributed by atoms with Crippen molar-refractivity contribution in [1.82, 2.24) is 5.32 Å². The maximum Gasteiger partial charge on any atom is 0.326 e. The molecule has 0 aromatic heterocycles. The van der Waals surface area contributed by atoms with Crippen LogP contribution < -0.4 is 10.6 Å². The van der Waals surface area contributed by atoms with Crippen LogP contribution in [0.3, 0.4) is 0 Å². The largest absolute Gasteiger partial charge is 0.480 e. The number of carbonyl (C=O) groups excluding carboxylic acids is 1. The number of nitrogens with zero attached hydrogens (tertiary/aromatic N) is 1. The third kappa shape index (κ3) is 5.22. The second-order valence-corrected chi connectivity index (χ2v) is 5.77. The number of halogens is 1. The van der Waals surface area contributed by atoms with Crippen molar-refractivity contribution < 1.29 is 14.7 Å². The van der Waals surface area contributed by atoms with Crippen LogP contribution in [0.15, 0.2) is 40.5 Å². The number of hydrogen-bond donors (Lipinski definition) is 3. The molecule has 22 heavy (non-hydrogen) atoms. The van der Waals surface area contributed by atoms with E-state index in [9.17, 15) is 9.59 Å². The van der Waals surface area contributed by atoms with Crippen LogP contribution in [0.2, 0.25) is 0 Å². The molecular weight excluding hydrogens is 350 g/mol. The van der Waals surface area contributed by atoms with Crippen molar-refractivity contribution in [3.8, 4) is 6.07 Å². The van der Waals surface area contributed by atoms with Crippen LogP contribution in [0.5, 0.6) is 0 Å². The minimum atomic E-state index is -1.14. The average molecular weight is 366 g/mol. The van der Waals surface area contributed by atoms with E-state index in [4.69, 9.17) is 10.4 Å². The molecule has 3 N–H and O–H groups in total. The van der Waals surface area contributed by atoms with Gasteiger partial charge in [0.25, 0.3) is 5.91 Å². The molecule has 0 saturated heterocycles. The third-order valence-electron chi connectivity index (χ3n) is 2.81. The Kier molecular flexibility index (Phi) is 6.60. The molecule has 1 aromatic rings. The Bertz CT molecular complexity index is 618. The molecule has 0 saturated carbocycles. The SMILES string of the molecule is CC(C)C(NC(=O)/C(C#N)=C\Nc1ccc(Br)cc1)C(=O)O. The van der Waals surface area contributed by atoms with Crippen molar-refractivity contribution in [3.63, 3.8) is 0 Å². The zero-order valence-electron chi connectivity index (χ0n) is 12.1. The van der Waals surface area contributed by atoms with Gasteiger partial charge in [0.05, 0.1) is 0 Å². The van der Waals surface area contributed by atoms with E-state index >= 15 is 0 Å². The number of anilines is 1. The number of carboxylic acids is 1. The standard InChI is InChI=1S/C15H16BrN3O3/c1-9(2)13(15(21)22)19-14(20)10(7-17)8-18-12-5-3-11(16)4-6-12/h3-6,8-9,13,18H,1-2H3,(H,19,20)(H,21,22)/b10-8-. The predicted molar refractivity (Wildman–Crippen MR) is 85.9 cm³/mol. The summed E-state index contributed by atoms with van der Waals surface area (Å²) in [5.41, 5.74) is 0.497. The highest BCUT2D eigenvalue weighted by Gasteiger charge is 2.24. The molecule has 0 aliphatic carbocycles. The summed E-state index contributed by atoms with van der Waals surface area (Å²) in [7, 11) is 0. The summed E-state index contributed by atoms with van der Waals surface area (Å²) in [6.45, 7) is 3.35. The molecule has 0 radical (unpaired) electrons. The van der Waals surface area contributed by atoms with Gasteiger partial charge in [0, 0.05) is 16.4 Å². The fourth-order valence-corrected chi connectivity index (χ4v) is 1.85. The van der Waals surface area contributed by atoms with Crippen LogP contribution in [-0.4, -0.2) is 23.0 Å². The smallest absolute Gasteiger partial charge is 0.326 e. The fourth-order valence-electron chi connectivity index (χ4n) is 1.58. The van der Waals surface area contributed by atoms with E-state index in [2.05, 4.69) is 26.6 Å². The first-order valence-corrected chi connectivity index (χ1v) is 7.30. The zero-order chi connectivity index (χ0) is 16.7. The van der Waals surface area contributed by atoms with Gasteiger partial charge in [0.2, 0.25) is 0 Å². The second kappa shape index (κ2) is 8.20. The van der Waals surface area contributed by atoms with Gasteiger partial charge in [-0.2, -0.15) is 5.26 Å². The van der Waals surface area contributed by atoms with Crippen molar-refractivity contribution in [3.05, 3.63) is 40.5 Å². The van der Waals surface area contributed by atoms with E-state index in [1.807, 2.05) is 12.1 Å². The van der Waals surface area contributed by atoms with Gasteiger partial charge >= 0.3 is 5.97 Å². The maximum atomic E-state index is 12.0. The quantitative estimate of drug-likeness (QED) is 0.530. The van der Waals surface area contributed by atoms with Gasteiger partial charge in [-0.15, -0.1) is 0 Å². The number of aliphatic carboxylic acids is 1. The molecule has 1 atom stereocenters. The van der Waals surface area contributed by atoms with E-state index in [1.165, 1.54) is 6.20 Å². The molecule has 1 aromatic carbocycles. The van der Waals surface area contributed by atoms with Crippen LogP contribution in [0.4, 0.5) is 5.69 Å². The number of hydrogen-bond acceptors (Lipinski definition) is 4. The molecule has 116 valence electrons. The van der Waals surface area contributed by atoms with E-state index in [0.29, 0.717) is 5.69 Å². The van der Waals surface area contributed by atoms with Gasteiger partial charge in [-0.25, -0.2) is 4.79 Å². The van der Waals surface area contributed by atoms with Crippen molar-refractivity contribution in [2.75, 3.05) is 5.32 Å². The van der Waals surface area contributed by atoms with Crippen molar-refractivity contribution in [2.24, 2.45) is 5.92 Å². The lowest BCUT2D eigenvalue weighted by atomic mass is 10.0. The molecule has 0 aliphatic rings. The molecule has 6 nitrogen and oxygen atoms in total. The monoisotopic (exact) mass is 365 g/mol. The highest BCUT2D eigenvalue weighted by Crippen LogP contribution is 2.14. The lowest BCUT2D eigenvalue weighted by molar-refractivity contribution is -0.142. The van der Waals surface area contributed by atoms with Gasteiger partial charge in [-0.05, 0) is 30.2 Å². The number of rotatable bonds is 6. The van der Waals surface area contributed by atoms with Crippen LogP contribution in [0.1, 0.15) is 13.8 Å². The summed E-state index contributed by atoms with van der Waals surface area (Å²) in [5, 5.41) is 23.2. The van der Waals surface area contributed by atoms with Crippen molar-refractivity contribution >= 4 is 33.5 Å². The molecule has 0 bridgehead atoms. The lowest BCUT2D eigenvalue weighted by Gasteiger charge is -2.17. The molecular formula is C15H16BrN3O3. The third-order valence-corrected chi connectivity index (χ3v) is 3.34. The zero-order valence-corrected chi connectivity index (χ0v) is 13.7. The normalized spacial score (nSPS) is 12.4. The lowest BCUT2D eigenvalue weighted by Crippen LogP contribution is -2.44. The van der Waals surface area contributed by atoms with Crippen LogP contribution in [0, 0.1) is 17.2 Å². The summed E-state index contributed by atoms with van der Waals surface area (Å²) in [6, 6.07) is 7.85. The first-order valence-electron chi connectivity index (χ1n) is 6.51. The topological polar surface area (TPSA) is 102 Å². The summed E-state index contributed by atoms with van der Waals surface area (Å²) in [4.78, 5) is 23.0. The van der Waals surface area contributed by atoms with Gasteiger partial charge in [-0.3, -0.25) is 4.79 Å². The molecule has 0 aliphatic heterocycles. The number of benzene rings is 1. The summed E-state index contributed by atoms with van der Waals surface area (Å²) < 4.78 is 0.904. The van der Waals surface area contributed by atoms with Gasteiger partial charge in [0.15, 0.2) is 0 Å². The molecule has 1 rings (SSSR count). The Balaban J connectivity index is 2.80. The molecule has 0 spiro atoms. The number of carboxylic acid groups (broad SMARTS) is 1. The Hall–Kier alpha value is -2.33. The summed E-state index contributed by atoms with van der Waals surface area (Å²) >= 11 is 3.30. The van der Waals surface area contributed by atoms with E-state index in [-0.39, 0.29) is 11.5 Å². The Morgan fingerprint density at radius 3 is 2.36 bits per heavy atom. The number of nitriles is 1. The first kappa shape index (κ1) is 17.7. The van der Waals surface area contributed by atoms with Gasteiger partial charge < -0.3 is 15.7 Å².